The number of anilines is 1. The summed E-state index contributed by atoms with van der Waals surface area (Å²) in [5, 5.41) is 0. The molecule has 0 amide bonds. The molecule has 1 atom stereocenters. The first kappa shape index (κ1) is 14.3. The number of nitrogen functional groups attached to an aromatic ring is 1. The standard InChI is InChI=1S/C13H20N2O3S/c1-9-4-5-12(14)10(2)13(9)19(16,17)15-7-6-11(8-15)18-3/h4-5,11H,6-8,14H2,1-3H3. The van der Waals surface area contributed by atoms with Gasteiger partial charge in [-0.25, -0.2) is 8.42 Å². The van der Waals surface area contributed by atoms with Crippen molar-refractivity contribution in [3.63, 3.8) is 0 Å². The van der Waals surface area contributed by atoms with Crippen molar-refractivity contribution in [1.82, 2.24) is 4.31 Å². The van der Waals surface area contributed by atoms with Crippen LogP contribution in [0.1, 0.15) is 17.5 Å². The number of ether oxygens (including phenoxy) is 1. The molecular formula is C13H20N2O3S. The molecule has 0 aliphatic carbocycles. The molecule has 0 radical (unpaired) electrons. The lowest BCUT2D eigenvalue weighted by atomic mass is 10.1. The molecule has 2 N–H and O–H groups in total. The van der Waals surface area contributed by atoms with E-state index in [4.69, 9.17) is 10.5 Å². The average Bonchev–Trinajstić information content (AvgIpc) is 2.83. The number of aryl methyl sites for hydroxylation is 1. The Bertz CT molecular complexity index is 584. The highest BCUT2D eigenvalue weighted by Gasteiger charge is 2.34. The minimum atomic E-state index is -3.49. The summed E-state index contributed by atoms with van der Waals surface area (Å²) in [4.78, 5) is 0.337. The van der Waals surface area contributed by atoms with Crippen LogP contribution in [0.25, 0.3) is 0 Å². The highest BCUT2D eigenvalue weighted by Crippen LogP contribution is 2.29. The van der Waals surface area contributed by atoms with Crippen molar-refractivity contribution in [2.45, 2.75) is 31.3 Å². The predicted octanol–water partition coefficient (Wildman–Crippen LogP) is 1.30. The van der Waals surface area contributed by atoms with Crippen LogP contribution < -0.4 is 5.73 Å². The Morgan fingerprint density at radius 3 is 2.63 bits per heavy atom. The van der Waals surface area contributed by atoms with Gasteiger partial charge in [0.15, 0.2) is 0 Å². The molecule has 1 unspecified atom stereocenters. The van der Waals surface area contributed by atoms with E-state index < -0.39 is 10.0 Å². The molecule has 1 heterocycles. The third kappa shape index (κ3) is 2.48. The average molecular weight is 284 g/mol. The summed E-state index contributed by atoms with van der Waals surface area (Å²) in [6, 6.07) is 3.49. The zero-order chi connectivity index (χ0) is 14.2. The van der Waals surface area contributed by atoms with Gasteiger partial charge in [-0.3, -0.25) is 0 Å². The second-order valence-electron chi connectivity index (χ2n) is 4.94. The molecule has 1 fully saturated rings. The minimum absolute atomic E-state index is 0.0172. The lowest BCUT2D eigenvalue weighted by Crippen LogP contribution is -2.31. The fourth-order valence-corrected chi connectivity index (χ4v) is 4.42. The van der Waals surface area contributed by atoms with E-state index >= 15 is 0 Å². The van der Waals surface area contributed by atoms with Gasteiger partial charge < -0.3 is 10.5 Å². The molecule has 1 aromatic rings. The fourth-order valence-electron chi connectivity index (χ4n) is 2.48. The van der Waals surface area contributed by atoms with Crippen LogP contribution in [0.2, 0.25) is 0 Å². The summed E-state index contributed by atoms with van der Waals surface area (Å²) in [6.45, 7) is 4.45. The molecule has 6 heteroatoms. The molecule has 2 rings (SSSR count). The van der Waals surface area contributed by atoms with Crippen molar-refractivity contribution < 1.29 is 13.2 Å². The van der Waals surface area contributed by atoms with Crippen LogP contribution in [-0.2, 0) is 14.8 Å². The Balaban J connectivity index is 2.44. The van der Waals surface area contributed by atoms with Gasteiger partial charge in [0.25, 0.3) is 0 Å². The first-order valence-electron chi connectivity index (χ1n) is 6.26. The van der Waals surface area contributed by atoms with E-state index in [0.29, 0.717) is 29.2 Å². The fraction of sp³-hybridized carbons (Fsp3) is 0.538. The van der Waals surface area contributed by atoms with Crippen molar-refractivity contribution in [3.05, 3.63) is 23.3 Å². The van der Waals surface area contributed by atoms with Gasteiger partial charge in [0, 0.05) is 25.9 Å². The highest BCUT2D eigenvalue weighted by atomic mass is 32.2. The molecule has 0 aromatic heterocycles. The van der Waals surface area contributed by atoms with Crippen molar-refractivity contribution in [3.8, 4) is 0 Å². The maximum absolute atomic E-state index is 12.7. The Hall–Kier alpha value is -1.11. The maximum Gasteiger partial charge on any atom is 0.243 e. The number of nitrogens with zero attached hydrogens (tertiary/aromatic N) is 1. The number of methoxy groups -OCH3 is 1. The van der Waals surface area contributed by atoms with Crippen LogP contribution >= 0.6 is 0 Å². The smallest absolute Gasteiger partial charge is 0.243 e. The van der Waals surface area contributed by atoms with E-state index in [1.165, 1.54) is 4.31 Å². The third-order valence-corrected chi connectivity index (χ3v) is 5.84. The van der Waals surface area contributed by atoms with Crippen LogP contribution in [0.4, 0.5) is 5.69 Å². The van der Waals surface area contributed by atoms with Crippen LogP contribution in [0.15, 0.2) is 17.0 Å². The van der Waals surface area contributed by atoms with E-state index in [9.17, 15) is 8.42 Å². The van der Waals surface area contributed by atoms with Crippen molar-refractivity contribution >= 4 is 15.7 Å². The van der Waals surface area contributed by atoms with Crippen LogP contribution in [0, 0.1) is 13.8 Å². The van der Waals surface area contributed by atoms with Crippen molar-refractivity contribution in [2.75, 3.05) is 25.9 Å². The minimum Gasteiger partial charge on any atom is -0.398 e. The Labute approximate surface area is 114 Å². The highest BCUT2D eigenvalue weighted by molar-refractivity contribution is 7.89. The van der Waals surface area contributed by atoms with Gasteiger partial charge in [0.1, 0.15) is 0 Å². The molecule has 0 saturated carbocycles. The normalized spacial score (nSPS) is 20.9. The second kappa shape index (κ2) is 5.11. The van der Waals surface area contributed by atoms with Crippen molar-refractivity contribution in [1.29, 1.82) is 0 Å². The first-order valence-corrected chi connectivity index (χ1v) is 7.70. The molecule has 106 valence electrons. The summed E-state index contributed by atoms with van der Waals surface area (Å²) in [6.07, 6.45) is 0.715. The zero-order valence-corrected chi connectivity index (χ0v) is 12.3. The van der Waals surface area contributed by atoms with E-state index in [1.807, 2.05) is 0 Å². The van der Waals surface area contributed by atoms with Crippen molar-refractivity contribution in [2.24, 2.45) is 0 Å². The lowest BCUT2D eigenvalue weighted by molar-refractivity contribution is 0.115. The Morgan fingerprint density at radius 1 is 1.37 bits per heavy atom. The summed E-state index contributed by atoms with van der Waals surface area (Å²) >= 11 is 0. The Kier molecular flexibility index (Phi) is 3.85. The quantitative estimate of drug-likeness (QED) is 0.849. The van der Waals surface area contributed by atoms with E-state index in [1.54, 1.807) is 33.1 Å². The zero-order valence-electron chi connectivity index (χ0n) is 11.5. The second-order valence-corrected chi connectivity index (χ2v) is 6.81. The molecule has 1 aliphatic rings. The van der Waals surface area contributed by atoms with E-state index in [2.05, 4.69) is 0 Å². The van der Waals surface area contributed by atoms with Gasteiger partial charge in [-0.2, -0.15) is 4.31 Å². The monoisotopic (exact) mass is 284 g/mol. The number of hydrogen-bond acceptors (Lipinski definition) is 4. The molecule has 19 heavy (non-hydrogen) atoms. The van der Waals surface area contributed by atoms with E-state index in [-0.39, 0.29) is 6.10 Å². The van der Waals surface area contributed by atoms with Gasteiger partial charge in [-0.05, 0) is 37.5 Å². The van der Waals surface area contributed by atoms with Gasteiger partial charge >= 0.3 is 0 Å². The molecular weight excluding hydrogens is 264 g/mol. The SMILES string of the molecule is COC1CCN(S(=O)(=O)c2c(C)ccc(N)c2C)C1. The van der Waals surface area contributed by atoms with E-state index in [0.717, 1.165) is 12.0 Å². The van der Waals surface area contributed by atoms with Crippen LogP contribution in [0.3, 0.4) is 0 Å². The number of hydrogen-bond donors (Lipinski definition) is 1. The number of sulfonamides is 1. The topological polar surface area (TPSA) is 72.6 Å². The lowest BCUT2D eigenvalue weighted by Gasteiger charge is -2.20. The predicted molar refractivity (Wildman–Crippen MR) is 74.5 cm³/mol. The summed E-state index contributed by atoms with van der Waals surface area (Å²) in [5.74, 6) is 0. The van der Waals surface area contributed by atoms with Crippen LogP contribution in [-0.4, -0.2) is 39.0 Å². The third-order valence-electron chi connectivity index (χ3n) is 3.68. The van der Waals surface area contributed by atoms with Gasteiger partial charge in [0.05, 0.1) is 11.0 Å². The summed E-state index contributed by atoms with van der Waals surface area (Å²) in [7, 11) is -1.88. The molecule has 5 nitrogen and oxygen atoms in total. The first-order chi connectivity index (χ1) is 8.87. The number of benzene rings is 1. The molecule has 1 aliphatic heterocycles. The van der Waals surface area contributed by atoms with Crippen LogP contribution in [0.5, 0.6) is 0 Å². The summed E-state index contributed by atoms with van der Waals surface area (Å²) in [5.41, 5.74) is 7.69. The largest absolute Gasteiger partial charge is 0.398 e. The molecule has 1 saturated heterocycles. The van der Waals surface area contributed by atoms with Gasteiger partial charge in [-0.15, -0.1) is 0 Å². The molecule has 0 spiro atoms. The van der Waals surface area contributed by atoms with Gasteiger partial charge in [0.2, 0.25) is 10.0 Å². The molecule has 1 aromatic carbocycles. The summed E-state index contributed by atoms with van der Waals surface area (Å²) < 4.78 is 32.1. The van der Waals surface area contributed by atoms with Gasteiger partial charge in [-0.1, -0.05) is 6.07 Å². The molecule has 0 bridgehead atoms. The maximum atomic E-state index is 12.7. The number of rotatable bonds is 3. The number of nitrogens with two attached hydrogens (primary N) is 1. The Morgan fingerprint density at radius 2 is 2.05 bits per heavy atom.